The van der Waals surface area contributed by atoms with E-state index in [1.54, 1.807) is 30.3 Å². The van der Waals surface area contributed by atoms with Crippen LogP contribution >= 0.6 is 12.2 Å². The summed E-state index contributed by atoms with van der Waals surface area (Å²) in [6.45, 7) is 0. The molecular weight excluding hydrogens is 414 g/mol. The molecule has 158 valence electrons. The van der Waals surface area contributed by atoms with Gasteiger partial charge in [0.1, 0.15) is 23.0 Å². The molecule has 3 aromatic rings. The van der Waals surface area contributed by atoms with Gasteiger partial charge in [-0.05, 0) is 66.3 Å². The highest BCUT2D eigenvalue weighted by atomic mass is 32.1. The molecule has 7 nitrogen and oxygen atoms in total. The molecule has 0 aromatic heterocycles. The molecule has 0 saturated carbocycles. The number of anilines is 1. The average molecular weight is 436 g/mol. The molecule has 8 heteroatoms. The standard InChI is InChI=1S/C23H21N3O4S/c1-30-18-9-4-15(5-10-18)24-23(31)26-21(14-2-6-16(27)7-3-14)13-20(25-26)19-11-8-17(28)12-22(19)29/h2-12,21,27-29H,13H2,1H3,(H,24,31)/t21-/m0/s1. The van der Waals surface area contributed by atoms with E-state index in [1.807, 2.05) is 36.4 Å². The van der Waals surface area contributed by atoms with Crippen molar-refractivity contribution in [2.75, 3.05) is 12.4 Å². The van der Waals surface area contributed by atoms with Gasteiger partial charge in [-0.15, -0.1) is 0 Å². The zero-order chi connectivity index (χ0) is 22.0. The van der Waals surface area contributed by atoms with Gasteiger partial charge >= 0.3 is 0 Å². The number of hydrogen-bond donors (Lipinski definition) is 4. The molecule has 4 N–H and O–H groups in total. The summed E-state index contributed by atoms with van der Waals surface area (Å²) >= 11 is 5.64. The van der Waals surface area contributed by atoms with Gasteiger partial charge in [0, 0.05) is 23.7 Å². The summed E-state index contributed by atoms with van der Waals surface area (Å²) in [5.74, 6) is 0.829. The highest BCUT2D eigenvalue weighted by Crippen LogP contribution is 2.36. The van der Waals surface area contributed by atoms with Gasteiger partial charge in [-0.25, -0.2) is 5.01 Å². The fraction of sp³-hybridized carbons (Fsp3) is 0.130. The fourth-order valence-electron chi connectivity index (χ4n) is 3.44. The first-order valence-electron chi connectivity index (χ1n) is 9.57. The van der Waals surface area contributed by atoms with Crippen molar-refractivity contribution in [3.63, 3.8) is 0 Å². The first-order valence-corrected chi connectivity index (χ1v) is 9.98. The van der Waals surface area contributed by atoms with Gasteiger partial charge in [-0.3, -0.25) is 0 Å². The Morgan fingerprint density at radius 2 is 1.68 bits per heavy atom. The van der Waals surface area contributed by atoms with E-state index in [4.69, 9.17) is 17.0 Å². The van der Waals surface area contributed by atoms with Gasteiger partial charge in [0.15, 0.2) is 5.11 Å². The molecule has 0 amide bonds. The highest BCUT2D eigenvalue weighted by Gasteiger charge is 2.32. The van der Waals surface area contributed by atoms with Gasteiger partial charge in [-0.1, -0.05) is 12.1 Å². The van der Waals surface area contributed by atoms with E-state index < -0.39 is 0 Å². The summed E-state index contributed by atoms with van der Waals surface area (Å²) in [5, 5.41) is 39.5. The second kappa shape index (κ2) is 8.53. The molecule has 0 unspecified atom stereocenters. The zero-order valence-electron chi connectivity index (χ0n) is 16.7. The van der Waals surface area contributed by atoms with Crippen LogP contribution in [0.15, 0.2) is 71.8 Å². The van der Waals surface area contributed by atoms with Crippen molar-refractivity contribution in [1.82, 2.24) is 5.01 Å². The van der Waals surface area contributed by atoms with Crippen LogP contribution in [0.5, 0.6) is 23.0 Å². The molecule has 1 aliphatic heterocycles. The zero-order valence-corrected chi connectivity index (χ0v) is 17.5. The largest absolute Gasteiger partial charge is 0.508 e. The summed E-state index contributed by atoms with van der Waals surface area (Å²) in [6.07, 6.45) is 0.480. The normalized spacial score (nSPS) is 15.5. The minimum Gasteiger partial charge on any atom is -0.508 e. The molecular formula is C23H21N3O4S. The van der Waals surface area contributed by atoms with Gasteiger partial charge < -0.3 is 25.4 Å². The molecule has 0 fully saturated rings. The Labute approximate surface area is 184 Å². The Hall–Kier alpha value is -3.78. The lowest BCUT2D eigenvalue weighted by Gasteiger charge is -2.25. The van der Waals surface area contributed by atoms with Gasteiger partial charge in [0.05, 0.1) is 18.9 Å². The van der Waals surface area contributed by atoms with Crippen LogP contribution in [0.1, 0.15) is 23.6 Å². The van der Waals surface area contributed by atoms with Crippen molar-refractivity contribution >= 4 is 28.7 Å². The number of thiocarbonyl (C=S) groups is 1. The number of nitrogens with one attached hydrogen (secondary N) is 1. The number of ether oxygens (including phenoxy) is 1. The van der Waals surface area contributed by atoms with E-state index in [-0.39, 0.29) is 23.3 Å². The van der Waals surface area contributed by atoms with Crippen LogP contribution in [-0.2, 0) is 0 Å². The molecule has 0 aliphatic carbocycles. The van der Waals surface area contributed by atoms with Crippen LogP contribution in [0.3, 0.4) is 0 Å². The second-order valence-electron chi connectivity index (χ2n) is 7.06. The Morgan fingerprint density at radius 1 is 1.00 bits per heavy atom. The fourth-order valence-corrected chi connectivity index (χ4v) is 3.72. The number of hydrogen-bond acceptors (Lipinski definition) is 6. The van der Waals surface area contributed by atoms with E-state index in [9.17, 15) is 15.3 Å². The third-order valence-corrected chi connectivity index (χ3v) is 5.32. The molecule has 0 saturated heterocycles. The lowest BCUT2D eigenvalue weighted by molar-refractivity contribution is 0.375. The van der Waals surface area contributed by atoms with Crippen molar-refractivity contribution in [2.24, 2.45) is 5.10 Å². The first-order chi connectivity index (χ1) is 14.9. The first kappa shape index (κ1) is 20.5. The lowest BCUT2D eigenvalue weighted by atomic mass is 9.98. The highest BCUT2D eigenvalue weighted by molar-refractivity contribution is 7.80. The molecule has 1 aliphatic rings. The van der Waals surface area contributed by atoms with Crippen LogP contribution in [0.4, 0.5) is 5.69 Å². The summed E-state index contributed by atoms with van der Waals surface area (Å²) in [4.78, 5) is 0. The van der Waals surface area contributed by atoms with Gasteiger partial charge in [-0.2, -0.15) is 5.10 Å². The smallest absolute Gasteiger partial charge is 0.194 e. The van der Waals surface area contributed by atoms with Crippen LogP contribution in [0.25, 0.3) is 0 Å². The molecule has 1 heterocycles. The maximum atomic E-state index is 10.3. The Morgan fingerprint density at radius 3 is 2.32 bits per heavy atom. The Balaban J connectivity index is 1.65. The maximum absolute atomic E-state index is 10.3. The van der Waals surface area contributed by atoms with Crippen molar-refractivity contribution in [3.8, 4) is 23.0 Å². The monoisotopic (exact) mass is 435 g/mol. The summed E-state index contributed by atoms with van der Waals surface area (Å²) in [7, 11) is 1.61. The molecule has 0 spiro atoms. The van der Waals surface area contributed by atoms with Crippen molar-refractivity contribution in [1.29, 1.82) is 0 Å². The number of phenolic OH excluding ortho intramolecular Hbond substituents is 3. The lowest BCUT2D eigenvalue weighted by Crippen LogP contribution is -2.31. The topological polar surface area (TPSA) is 97.6 Å². The number of phenols is 3. The number of nitrogens with zero attached hydrogens (tertiary/aromatic N) is 2. The SMILES string of the molecule is COc1ccc(NC(=S)N2N=C(c3ccc(O)cc3O)C[C@H]2c2ccc(O)cc2)cc1. The van der Waals surface area contributed by atoms with Crippen LogP contribution < -0.4 is 10.1 Å². The minimum absolute atomic E-state index is 0.0246. The summed E-state index contributed by atoms with van der Waals surface area (Å²) in [6, 6.07) is 18.4. The van der Waals surface area contributed by atoms with E-state index in [2.05, 4.69) is 10.4 Å². The van der Waals surface area contributed by atoms with Crippen LogP contribution in [0, 0.1) is 0 Å². The van der Waals surface area contributed by atoms with Crippen LogP contribution in [0.2, 0.25) is 0 Å². The molecule has 4 rings (SSSR count). The number of benzene rings is 3. The number of rotatable bonds is 4. The molecule has 3 aromatic carbocycles. The third-order valence-electron chi connectivity index (χ3n) is 5.03. The van der Waals surface area contributed by atoms with E-state index in [0.29, 0.717) is 22.8 Å². The van der Waals surface area contributed by atoms with Gasteiger partial charge in [0.25, 0.3) is 0 Å². The van der Waals surface area contributed by atoms with Gasteiger partial charge in [0.2, 0.25) is 0 Å². The molecule has 31 heavy (non-hydrogen) atoms. The van der Waals surface area contributed by atoms with Crippen molar-refractivity contribution < 1.29 is 20.1 Å². The summed E-state index contributed by atoms with van der Waals surface area (Å²) in [5.41, 5.74) is 2.85. The average Bonchev–Trinajstić information content (AvgIpc) is 3.20. The second-order valence-corrected chi connectivity index (χ2v) is 7.45. The Bertz CT molecular complexity index is 1130. The molecule has 1 atom stereocenters. The minimum atomic E-state index is -0.234. The molecule has 0 radical (unpaired) electrons. The maximum Gasteiger partial charge on any atom is 0.194 e. The number of methoxy groups -OCH3 is 1. The summed E-state index contributed by atoms with van der Waals surface area (Å²) < 4.78 is 5.19. The van der Waals surface area contributed by atoms with Crippen LogP contribution in [-0.4, -0.2) is 38.3 Å². The van der Waals surface area contributed by atoms with Crippen molar-refractivity contribution in [2.45, 2.75) is 12.5 Å². The number of aromatic hydroxyl groups is 3. The predicted octanol–water partition coefficient (Wildman–Crippen LogP) is 4.36. The number of hydrazone groups is 1. The van der Waals surface area contributed by atoms with E-state index >= 15 is 0 Å². The Kier molecular flexibility index (Phi) is 5.64. The molecule has 0 bridgehead atoms. The van der Waals surface area contributed by atoms with E-state index in [0.717, 1.165) is 17.0 Å². The quantitative estimate of drug-likeness (QED) is 0.452. The van der Waals surface area contributed by atoms with Crippen molar-refractivity contribution in [3.05, 3.63) is 77.9 Å². The van der Waals surface area contributed by atoms with E-state index in [1.165, 1.54) is 12.1 Å². The third kappa shape index (κ3) is 4.39. The predicted molar refractivity (Wildman–Crippen MR) is 123 cm³/mol.